The zero-order valence-corrected chi connectivity index (χ0v) is 12.2. The number of carbonyl (C=O) groups excluding carboxylic acids is 1. The maximum atomic E-state index is 12.4. The highest BCUT2D eigenvalue weighted by atomic mass is 35.5. The highest BCUT2D eigenvalue weighted by Gasteiger charge is 2.44. The van der Waals surface area contributed by atoms with Crippen LogP contribution >= 0.6 is 11.6 Å². The molecular weight excluding hydrogens is 302 g/mol. The van der Waals surface area contributed by atoms with Crippen LogP contribution in [0, 0.1) is 5.92 Å². The van der Waals surface area contributed by atoms with Crippen LogP contribution in [0.15, 0.2) is 42.9 Å². The number of hydrogen-bond donors (Lipinski definition) is 1. The van der Waals surface area contributed by atoms with Crippen molar-refractivity contribution in [1.29, 1.82) is 0 Å². The molecule has 1 N–H and O–H groups in total. The van der Waals surface area contributed by atoms with Gasteiger partial charge in [-0.15, -0.1) is 0 Å². The lowest BCUT2D eigenvalue weighted by Crippen LogP contribution is -2.17. The molecular formula is C15H12ClN5O. The van der Waals surface area contributed by atoms with E-state index in [0.29, 0.717) is 16.6 Å². The van der Waals surface area contributed by atoms with Gasteiger partial charge < -0.3 is 5.32 Å². The standard InChI is InChI=1S/C15H12ClN5O/c16-12-4-2-1-3-9(12)10-7-11(10)14(22)20-13-5-6-17-15-18-8-19-21(13)15/h1-6,8,10-11H,7H2,(H,20,22)/t10-,11+/m1/s1. The highest BCUT2D eigenvalue weighted by Crippen LogP contribution is 2.49. The Labute approximate surface area is 131 Å². The highest BCUT2D eigenvalue weighted by molar-refractivity contribution is 6.31. The second-order valence-electron chi connectivity index (χ2n) is 5.26. The van der Waals surface area contributed by atoms with Crippen LogP contribution in [0.25, 0.3) is 5.78 Å². The summed E-state index contributed by atoms with van der Waals surface area (Å²) in [6.07, 6.45) is 3.81. The zero-order chi connectivity index (χ0) is 15.1. The van der Waals surface area contributed by atoms with E-state index in [0.717, 1.165) is 12.0 Å². The van der Waals surface area contributed by atoms with Gasteiger partial charge in [0.1, 0.15) is 12.1 Å². The van der Waals surface area contributed by atoms with E-state index in [4.69, 9.17) is 11.6 Å². The number of benzene rings is 1. The Morgan fingerprint density at radius 2 is 2.14 bits per heavy atom. The molecule has 0 saturated heterocycles. The molecule has 1 saturated carbocycles. The van der Waals surface area contributed by atoms with Crippen LogP contribution in [0.3, 0.4) is 0 Å². The average molecular weight is 314 g/mol. The van der Waals surface area contributed by atoms with Gasteiger partial charge in [0, 0.05) is 17.1 Å². The SMILES string of the molecule is O=C(Nc1ccnc2ncnn12)[C@H]1C[C@@H]1c1ccccc1Cl. The first-order chi connectivity index (χ1) is 10.7. The molecule has 6 nitrogen and oxygen atoms in total. The summed E-state index contributed by atoms with van der Waals surface area (Å²) in [6, 6.07) is 9.36. The van der Waals surface area contributed by atoms with Crippen molar-refractivity contribution < 1.29 is 4.79 Å². The number of hydrogen-bond acceptors (Lipinski definition) is 4. The van der Waals surface area contributed by atoms with Crippen molar-refractivity contribution in [2.75, 3.05) is 5.32 Å². The monoisotopic (exact) mass is 313 g/mol. The topological polar surface area (TPSA) is 72.2 Å². The molecule has 0 unspecified atom stereocenters. The number of fused-ring (bicyclic) bond motifs is 1. The Kier molecular flexibility index (Phi) is 3.04. The predicted molar refractivity (Wildman–Crippen MR) is 81.7 cm³/mol. The minimum atomic E-state index is -0.0633. The summed E-state index contributed by atoms with van der Waals surface area (Å²) >= 11 is 6.19. The number of amides is 1. The zero-order valence-electron chi connectivity index (χ0n) is 11.5. The molecule has 7 heteroatoms. The molecule has 3 aromatic rings. The van der Waals surface area contributed by atoms with Crippen molar-refractivity contribution in [2.24, 2.45) is 5.92 Å². The molecule has 2 atom stereocenters. The molecule has 0 aliphatic heterocycles. The summed E-state index contributed by atoms with van der Waals surface area (Å²) < 4.78 is 1.50. The van der Waals surface area contributed by atoms with Crippen molar-refractivity contribution in [2.45, 2.75) is 12.3 Å². The minimum Gasteiger partial charge on any atom is -0.310 e. The summed E-state index contributed by atoms with van der Waals surface area (Å²) in [7, 11) is 0. The van der Waals surface area contributed by atoms with Gasteiger partial charge in [-0.1, -0.05) is 29.8 Å². The Hall–Kier alpha value is -2.47. The van der Waals surface area contributed by atoms with Gasteiger partial charge in [-0.25, -0.2) is 4.98 Å². The van der Waals surface area contributed by atoms with Gasteiger partial charge in [0.05, 0.1) is 0 Å². The number of nitrogens with zero attached hydrogens (tertiary/aromatic N) is 4. The van der Waals surface area contributed by atoms with Gasteiger partial charge in [-0.2, -0.15) is 14.6 Å². The first-order valence-corrected chi connectivity index (χ1v) is 7.32. The summed E-state index contributed by atoms with van der Waals surface area (Å²) in [6.45, 7) is 0. The maximum Gasteiger partial charge on any atom is 0.254 e. The molecule has 0 radical (unpaired) electrons. The summed E-state index contributed by atoms with van der Waals surface area (Å²) in [5.41, 5.74) is 1.03. The number of halogens is 1. The number of rotatable bonds is 3. The number of carbonyl (C=O) groups is 1. The van der Waals surface area contributed by atoms with Crippen LogP contribution in [-0.2, 0) is 4.79 Å². The maximum absolute atomic E-state index is 12.4. The number of nitrogens with one attached hydrogen (secondary N) is 1. The summed E-state index contributed by atoms with van der Waals surface area (Å²) in [4.78, 5) is 20.5. The van der Waals surface area contributed by atoms with Crippen LogP contribution in [0.1, 0.15) is 17.9 Å². The van der Waals surface area contributed by atoms with E-state index in [1.54, 1.807) is 12.3 Å². The van der Waals surface area contributed by atoms with Gasteiger partial charge in [0.15, 0.2) is 0 Å². The fourth-order valence-electron chi connectivity index (χ4n) is 2.66. The van der Waals surface area contributed by atoms with Gasteiger partial charge >= 0.3 is 0 Å². The van der Waals surface area contributed by atoms with Crippen molar-refractivity contribution in [3.63, 3.8) is 0 Å². The van der Waals surface area contributed by atoms with E-state index in [2.05, 4.69) is 20.4 Å². The van der Waals surface area contributed by atoms with E-state index in [1.807, 2.05) is 24.3 Å². The third-order valence-corrected chi connectivity index (χ3v) is 4.21. The lowest BCUT2D eigenvalue weighted by molar-refractivity contribution is -0.117. The summed E-state index contributed by atoms with van der Waals surface area (Å²) in [5, 5.41) is 7.65. The average Bonchev–Trinajstić information content (AvgIpc) is 3.16. The lowest BCUT2D eigenvalue weighted by Gasteiger charge is -2.06. The molecule has 1 aromatic carbocycles. The molecule has 1 fully saturated rings. The smallest absolute Gasteiger partial charge is 0.254 e. The minimum absolute atomic E-state index is 0.0343. The molecule has 4 rings (SSSR count). The Balaban J connectivity index is 1.53. The fourth-order valence-corrected chi connectivity index (χ4v) is 2.93. The van der Waals surface area contributed by atoms with Crippen molar-refractivity contribution >= 4 is 29.1 Å². The van der Waals surface area contributed by atoms with Crippen molar-refractivity contribution in [3.8, 4) is 0 Å². The van der Waals surface area contributed by atoms with Crippen LogP contribution < -0.4 is 5.32 Å². The van der Waals surface area contributed by atoms with Gasteiger partial charge in [0.25, 0.3) is 5.78 Å². The quantitative estimate of drug-likeness (QED) is 0.806. The van der Waals surface area contributed by atoms with Crippen LogP contribution in [-0.4, -0.2) is 25.5 Å². The van der Waals surface area contributed by atoms with E-state index < -0.39 is 0 Å². The van der Waals surface area contributed by atoms with Crippen LogP contribution in [0.2, 0.25) is 5.02 Å². The van der Waals surface area contributed by atoms with E-state index in [-0.39, 0.29) is 17.7 Å². The molecule has 2 heterocycles. The first-order valence-electron chi connectivity index (χ1n) is 6.94. The van der Waals surface area contributed by atoms with Crippen LogP contribution in [0.4, 0.5) is 5.82 Å². The van der Waals surface area contributed by atoms with Crippen molar-refractivity contribution in [1.82, 2.24) is 19.6 Å². The fraction of sp³-hybridized carbons (Fsp3) is 0.200. The van der Waals surface area contributed by atoms with E-state index in [1.165, 1.54) is 10.8 Å². The number of anilines is 1. The Bertz CT molecular complexity index is 862. The molecule has 1 aliphatic rings. The first kappa shape index (κ1) is 13.2. The molecule has 110 valence electrons. The normalized spacial score (nSPS) is 20.0. The summed E-state index contributed by atoms with van der Waals surface area (Å²) in [5.74, 6) is 1.11. The molecule has 0 spiro atoms. The lowest BCUT2D eigenvalue weighted by atomic mass is 10.1. The Morgan fingerprint density at radius 1 is 1.27 bits per heavy atom. The third kappa shape index (κ3) is 2.21. The predicted octanol–water partition coefficient (Wildman–Crippen LogP) is 2.52. The molecule has 2 aromatic heterocycles. The van der Waals surface area contributed by atoms with Crippen molar-refractivity contribution in [3.05, 3.63) is 53.4 Å². The van der Waals surface area contributed by atoms with Crippen LogP contribution in [0.5, 0.6) is 0 Å². The largest absolute Gasteiger partial charge is 0.310 e. The Morgan fingerprint density at radius 3 is 3.00 bits per heavy atom. The second kappa shape index (κ2) is 5.06. The molecule has 1 amide bonds. The molecule has 0 bridgehead atoms. The second-order valence-corrected chi connectivity index (χ2v) is 5.67. The van der Waals surface area contributed by atoms with E-state index >= 15 is 0 Å². The van der Waals surface area contributed by atoms with Gasteiger partial charge in [0.2, 0.25) is 5.91 Å². The number of aromatic nitrogens is 4. The van der Waals surface area contributed by atoms with Gasteiger partial charge in [-0.05, 0) is 30.0 Å². The third-order valence-electron chi connectivity index (χ3n) is 3.86. The molecule has 22 heavy (non-hydrogen) atoms. The van der Waals surface area contributed by atoms with Gasteiger partial charge in [-0.3, -0.25) is 4.79 Å². The van der Waals surface area contributed by atoms with E-state index in [9.17, 15) is 4.79 Å². The molecule has 1 aliphatic carbocycles.